The summed E-state index contributed by atoms with van der Waals surface area (Å²) >= 11 is 3.42. The average Bonchev–Trinajstić information content (AvgIpc) is 2.67. The molecule has 4 nitrogen and oxygen atoms in total. The molecule has 2 aromatic heterocycles. The molecule has 0 N–H and O–H groups in total. The molecule has 0 aliphatic rings. The monoisotopic (exact) mass is 303 g/mol. The van der Waals surface area contributed by atoms with Crippen molar-refractivity contribution in [1.29, 1.82) is 0 Å². The van der Waals surface area contributed by atoms with Crippen molar-refractivity contribution in [2.45, 2.75) is 6.54 Å². The third kappa shape index (κ3) is 1.97. The average molecular weight is 304 g/mol. The highest BCUT2D eigenvalue weighted by Gasteiger charge is 2.06. The van der Waals surface area contributed by atoms with Crippen LogP contribution in [-0.2, 0) is 6.54 Å². The Balaban J connectivity index is 2.05. The van der Waals surface area contributed by atoms with E-state index in [1.54, 1.807) is 6.20 Å². The van der Waals surface area contributed by atoms with Gasteiger partial charge < -0.3 is 0 Å². The van der Waals surface area contributed by atoms with Crippen LogP contribution in [0.4, 0.5) is 0 Å². The van der Waals surface area contributed by atoms with Crippen molar-refractivity contribution in [3.05, 3.63) is 69.2 Å². The van der Waals surface area contributed by atoms with Crippen molar-refractivity contribution in [3.8, 4) is 0 Å². The Bertz CT molecular complexity index is 760. The fourth-order valence-corrected chi connectivity index (χ4v) is 2.33. The first-order valence-corrected chi connectivity index (χ1v) is 6.32. The zero-order valence-electron chi connectivity index (χ0n) is 9.45. The van der Waals surface area contributed by atoms with E-state index in [1.165, 1.54) is 9.08 Å². The van der Waals surface area contributed by atoms with Gasteiger partial charge in [0.15, 0.2) is 5.65 Å². The van der Waals surface area contributed by atoms with E-state index in [1.807, 2.05) is 42.5 Å². The quantitative estimate of drug-likeness (QED) is 0.729. The lowest BCUT2D eigenvalue weighted by Gasteiger charge is -2.00. The summed E-state index contributed by atoms with van der Waals surface area (Å²) in [4.78, 5) is 12.1. The maximum absolute atomic E-state index is 12.1. The molecule has 0 bridgehead atoms. The number of pyridine rings is 1. The molecule has 0 aliphatic heterocycles. The Kier molecular flexibility index (Phi) is 2.76. The molecule has 3 aromatic rings. The van der Waals surface area contributed by atoms with Crippen LogP contribution in [0.2, 0.25) is 0 Å². The smallest absolute Gasteiger partial charge is 0.250 e. The Labute approximate surface area is 112 Å². The highest BCUT2D eigenvalue weighted by molar-refractivity contribution is 9.10. The Morgan fingerprint density at radius 1 is 1.17 bits per heavy atom. The molecular weight excluding hydrogens is 294 g/mol. The van der Waals surface area contributed by atoms with Gasteiger partial charge in [0.1, 0.15) is 0 Å². The number of aromatic nitrogens is 3. The molecule has 0 atom stereocenters. The van der Waals surface area contributed by atoms with Crippen molar-refractivity contribution >= 4 is 21.6 Å². The molecule has 0 saturated carbocycles. The van der Waals surface area contributed by atoms with Gasteiger partial charge in [-0.15, -0.1) is 5.10 Å². The molecule has 1 aromatic carbocycles. The number of halogens is 1. The summed E-state index contributed by atoms with van der Waals surface area (Å²) in [5, 5.41) is 4.29. The minimum absolute atomic E-state index is 0.120. The van der Waals surface area contributed by atoms with Gasteiger partial charge in [-0.25, -0.2) is 9.48 Å². The molecule has 0 aliphatic carbocycles. The minimum atomic E-state index is -0.120. The normalized spacial score (nSPS) is 10.9. The second kappa shape index (κ2) is 4.42. The van der Waals surface area contributed by atoms with Crippen molar-refractivity contribution < 1.29 is 0 Å². The van der Waals surface area contributed by atoms with Crippen LogP contribution in [0.1, 0.15) is 5.56 Å². The Morgan fingerprint density at radius 2 is 2.06 bits per heavy atom. The number of rotatable bonds is 2. The van der Waals surface area contributed by atoms with Gasteiger partial charge in [0.2, 0.25) is 0 Å². The number of nitrogens with zero attached hydrogens (tertiary/aromatic N) is 3. The fraction of sp³-hybridized carbons (Fsp3) is 0.0769. The highest BCUT2D eigenvalue weighted by Crippen LogP contribution is 2.12. The van der Waals surface area contributed by atoms with E-state index < -0.39 is 0 Å². The second-order valence-corrected chi connectivity index (χ2v) is 4.91. The van der Waals surface area contributed by atoms with Crippen LogP contribution < -0.4 is 5.69 Å². The van der Waals surface area contributed by atoms with E-state index in [-0.39, 0.29) is 5.69 Å². The lowest BCUT2D eigenvalue weighted by Crippen LogP contribution is -2.21. The first kappa shape index (κ1) is 11.2. The van der Waals surface area contributed by atoms with E-state index in [2.05, 4.69) is 21.0 Å². The molecule has 0 amide bonds. The van der Waals surface area contributed by atoms with Gasteiger partial charge in [-0.1, -0.05) is 34.1 Å². The lowest BCUT2D eigenvalue weighted by atomic mass is 10.2. The van der Waals surface area contributed by atoms with Gasteiger partial charge in [-0.2, -0.15) is 0 Å². The van der Waals surface area contributed by atoms with Crippen LogP contribution in [0.3, 0.4) is 0 Å². The Morgan fingerprint density at radius 3 is 2.83 bits per heavy atom. The van der Waals surface area contributed by atoms with Crippen LogP contribution in [0.5, 0.6) is 0 Å². The molecule has 3 rings (SSSR count). The van der Waals surface area contributed by atoms with Crippen LogP contribution in [0.25, 0.3) is 5.65 Å². The van der Waals surface area contributed by atoms with Crippen molar-refractivity contribution in [1.82, 2.24) is 14.2 Å². The number of hydrogen-bond donors (Lipinski definition) is 0. The van der Waals surface area contributed by atoms with E-state index >= 15 is 0 Å². The Hall–Kier alpha value is -1.88. The van der Waals surface area contributed by atoms with Crippen LogP contribution in [0.15, 0.2) is 57.9 Å². The second-order valence-electron chi connectivity index (χ2n) is 4.00. The maximum Gasteiger partial charge on any atom is 0.350 e. The minimum Gasteiger partial charge on any atom is -0.250 e. The van der Waals surface area contributed by atoms with E-state index in [0.29, 0.717) is 12.2 Å². The first-order chi connectivity index (χ1) is 8.74. The van der Waals surface area contributed by atoms with Gasteiger partial charge in [-0.05, 0) is 29.8 Å². The molecule has 0 spiro atoms. The number of fused-ring (bicyclic) bond motifs is 1. The van der Waals surface area contributed by atoms with Crippen LogP contribution in [0, 0.1) is 0 Å². The summed E-state index contributed by atoms with van der Waals surface area (Å²) in [6, 6.07) is 13.4. The topological polar surface area (TPSA) is 39.3 Å². The molecule has 0 radical (unpaired) electrons. The third-order valence-electron chi connectivity index (χ3n) is 2.71. The van der Waals surface area contributed by atoms with Gasteiger partial charge in [0, 0.05) is 10.7 Å². The first-order valence-electron chi connectivity index (χ1n) is 5.53. The standard InChI is InChI=1S/C13H10BrN3O/c14-11-5-3-4-10(8-11)9-17-13(18)16-7-2-1-6-12(16)15-17/h1-8H,9H2. The molecule has 0 unspecified atom stereocenters. The molecule has 5 heteroatoms. The van der Waals surface area contributed by atoms with Crippen molar-refractivity contribution in [3.63, 3.8) is 0 Å². The van der Waals surface area contributed by atoms with Crippen LogP contribution in [-0.4, -0.2) is 14.2 Å². The zero-order chi connectivity index (χ0) is 12.5. The van der Waals surface area contributed by atoms with E-state index in [0.717, 1.165) is 10.0 Å². The van der Waals surface area contributed by atoms with Gasteiger partial charge >= 0.3 is 5.69 Å². The molecule has 0 fully saturated rings. The fourth-order valence-electron chi connectivity index (χ4n) is 1.88. The van der Waals surface area contributed by atoms with Gasteiger partial charge in [0.05, 0.1) is 6.54 Å². The number of benzene rings is 1. The predicted molar refractivity (Wildman–Crippen MR) is 72.7 cm³/mol. The largest absolute Gasteiger partial charge is 0.350 e. The summed E-state index contributed by atoms with van der Waals surface area (Å²) in [6.07, 6.45) is 1.72. The third-order valence-corrected chi connectivity index (χ3v) is 3.20. The number of hydrogen-bond acceptors (Lipinski definition) is 2. The highest BCUT2D eigenvalue weighted by atomic mass is 79.9. The molecular formula is C13H10BrN3O. The van der Waals surface area contributed by atoms with Gasteiger partial charge in [-0.3, -0.25) is 4.40 Å². The summed E-state index contributed by atoms with van der Waals surface area (Å²) < 4.78 is 4.01. The summed E-state index contributed by atoms with van der Waals surface area (Å²) in [6.45, 7) is 0.472. The molecule has 90 valence electrons. The SMILES string of the molecule is O=c1n(Cc2cccc(Br)c2)nc2ccccn12. The molecule has 2 heterocycles. The lowest BCUT2D eigenvalue weighted by molar-refractivity contribution is 0.658. The van der Waals surface area contributed by atoms with E-state index in [9.17, 15) is 4.79 Å². The van der Waals surface area contributed by atoms with Crippen molar-refractivity contribution in [2.24, 2.45) is 0 Å². The summed E-state index contributed by atoms with van der Waals surface area (Å²) in [5.74, 6) is 0. The molecule has 0 saturated heterocycles. The van der Waals surface area contributed by atoms with Gasteiger partial charge in [0.25, 0.3) is 0 Å². The van der Waals surface area contributed by atoms with Crippen molar-refractivity contribution in [2.75, 3.05) is 0 Å². The maximum atomic E-state index is 12.1. The molecule has 18 heavy (non-hydrogen) atoms. The van der Waals surface area contributed by atoms with Crippen LogP contribution >= 0.6 is 15.9 Å². The summed E-state index contributed by atoms with van der Waals surface area (Å²) in [7, 11) is 0. The summed E-state index contributed by atoms with van der Waals surface area (Å²) in [5.41, 5.74) is 1.58. The van der Waals surface area contributed by atoms with E-state index in [4.69, 9.17) is 0 Å². The predicted octanol–water partition coefficient (Wildman–Crippen LogP) is 2.31. The zero-order valence-corrected chi connectivity index (χ0v) is 11.0.